The average Bonchev–Trinajstić information content (AvgIpc) is 3.63. The summed E-state index contributed by atoms with van der Waals surface area (Å²) in [6, 6.07) is 30.3. The topological polar surface area (TPSA) is 62.8 Å². The van der Waals surface area contributed by atoms with Gasteiger partial charge in [-0.25, -0.2) is 0 Å². The van der Waals surface area contributed by atoms with Gasteiger partial charge in [-0.05, 0) is 72.4 Å². The second-order valence-corrected chi connectivity index (χ2v) is 12.2. The Bertz CT molecular complexity index is 1560. The highest BCUT2D eigenvalue weighted by molar-refractivity contribution is 7.80. The molecule has 8 nitrogen and oxygen atoms in total. The van der Waals surface area contributed by atoms with Gasteiger partial charge in [0.2, 0.25) is 5.95 Å². The minimum atomic E-state index is 0.523. The molecule has 3 aliphatic rings. The number of anilines is 5. The summed E-state index contributed by atoms with van der Waals surface area (Å²) in [6.45, 7) is 8.38. The number of nitrogens with one attached hydrogen (secondary N) is 2. The first-order valence-electron chi connectivity index (χ1n) is 15.8. The highest BCUT2D eigenvalue weighted by Gasteiger charge is 2.23. The monoisotopic (exact) mass is 604 g/mol. The van der Waals surface area contributed by atoms with Gasteiger partial charge in [0.25, 0.3) is 0 Å². The third-order valence-corrected chi connectivity index (χ3v) is 9.21. The fraction of sp³-hybridized carbons (Fsp3) is 0.343. The van der Waals surface area contributed by atoms with Crippen molar-refractivity contribution in [3.8, 4) is 0 Å². The summed E-state index contributed by atoms with van der Waals surface area (Å²) in [5.41, 5.74) is 6.54. The van der Waals surface area contributed by atoms with E-state index in [1.165, 1.54) is 40.9 Å². The molecule has 0 unspecified atom stereocenters. The van der Waals surface area contributed by atoms with Crippen LogP contribution >= 0.6 is 12.2 Å². The zero-order chi connectivity index (χ0) is 29.7. The maximum atomic E-state index is 5.73. The minimum absolute atomic E-state index is 0.523. The average molecular weight is 605 g/mol. The van der Waals surface area contributed by atoms with Crippen LogP contribution in [0.25, 0.3) is 0 Å². The van der Waals surface area contributed by atoms with Gasteiger partial charge in [-0.15, -0.1) is 0 Å². The van der Waals surface area contributed by atoms with Crippen molar-refractivity contribution in [3.05, 3.63) is 102 Å². The summed E-state index contributed by atoms with van der Waals surface area (Å²) in [7, 11) is 0. The molecule has 226 valence electrons. The van der Waals surface area contributed by atoms with Crippen LogP contribution in [0.15, 0.2) is 84.9 Å². The minimum Gasteiger partial charge on any atom is -0.372 e. The van der Waals surface area contributed by atoms with E-state index in [4.69, 9.17) is 22.2 Å². The second kappa shape index (κ2) is 13.1. The van der Waals surface area contributed by atoms with Gasteiger partial charge in [0.15, 0.2) is 5.11 Å². The number of para-hydroxylation sites is 1. The third kappa shape index (κ3) is 6.58. The molecule has 44 heavy (non-hydrogen) atoms. The highest BCUT2D eigenvalue weighted by atomic mass is 32.1. The largest absolute Gasteiger partial charge is 0.372 e. The van der Waals surface area contributed by atoms with E-state index in [1.54, 1.807) is 0 Å². The molecule has 0 radical (unpaired) electrons. The van der Waals surface area contributed by atoms with Crippen LogP contribution < -0.4 is 30.2 Å². The van der Waals surface area contributed by atoms with Crippen LogP contribution in [0.1, 0.15) is 29.5 Å². The number of aromatic nitrogens is 2. The van der Waals surface area contributed by atoms with Gasteiger partial charge in [0.1, 0.15) is 11.6 Å². The molecular weight excluding hydrogens is 565 g/mol. The van der Waals surface area contributed by atoms with Crippen molar-refractivity contribution in [3.63, 3.8) is 0 Å². The van der Waals surface area contributed by atoms with Crippen molar-refractivity contribution in [2.45, 2.75) is 32.4 Å². The number of hydrogen-bond donors (Lipinski definition) is 2. The Balaban J connectivity index is 1.05. The van der Waals surface area contributed by atoms with Crippen LogP contribution in [0, 0.1) is 0 Å². The number of piperazine rings is 1. The van der Waals surface area contributed by atoms with Gasteiger partial charge in [-0.1, -0.05) is 54.6 Å². The lowest BCUT2D eigenvalue weighted by Crippen LogP contribution is -2.47. The molecule has 0 amide bonds. The van der Waals surface area contributed by atoms with E-state index >= 15 is 0 Å². The fourth-order valence-corrected chi connectivity index (χ4v) is 6.62. The molecule has 9 heteroatoms. The van der Waals surface area contributed by atoms with Crippen molar-refractivity contribution >= 4 is 46.3 Å². The summed E-state index contributed by atoms with van der Waals surface area (Å²) < 4.78 is 0. The van der Waals surface area contributed by atoms with Crippen LogP contribution in [-0.4, -0.2) is 60.9 Å². The summed E-state index contributed by atoms with van der Waals surface area (Å²) in [5.74, 6) is 2.39. The van der Waals surface area contributed by atoms with E-state index in [0.717, 1.165) is 70.4 Å². The molecule has 0 spiro atoms. The molecule has 7 rings (SSSR count). The Morgan fingerprint density at radius 1 is 0.636 bits per heavy atom. The normalized spacial score (nSPS) is 16.5. The number of benzene rings is 3. The molecule has 2 fully saturated rings. The maximum absolute atomic E-state index is 5.73. The lowest BCUT2D eigenvalue weighted by Gasteiger charge is -2.37. The quantitative estimate of drug-likeness (QED) is 0.268. The predicted octanol–water partition coefficient (Wildman–Crippen LogP) is 5.45. The van der Waals surface area contributed by atoms with Crippen LogP contribution in [0.5, 0.6) is 0 Å². The Hall–Kier alpha value is -4.37. The molecule has 0 bridgehead atoms. The molecule has 4 aromatic rings. The van der Waals surface area contributed by atoms with Crippen molar-refractivity contribution in [1.29, 1.82) is 0 Å². The van der Waals surface area contributed by atoms with Crippen molar-refractivity contribution in [1.82, 2.24) is 15.3 Å². The molecule has 3 aromatic carbocycles. The number of rotatable bonds is 7. The number of thiocarbonyl (C=S) groups is 1. The van der Waals surface area contributed by atoms with E-state index in [2.05, 4.69) is 115 Å². The lowest BCUT2D eigenvalue weighted by molar-refractivity contribution is 0.646. The van der Waals surface area contributed by atoms with Crippen LogP contribution in [0.3, 0.4) is 0 Å². The van der Waals surface area contributed by atoms with Crippen molar-refractivity contribution in [2.75, 3.05) is 70.7 Å². The fourth-order valence-electron chi connectivity index (χ4n) is 6.45. The molecule has 3 aliphatic heterocycles. The lowest BCUT2D eigenvalue weighted by atomic mass is 10.00. The standard InChI is InChI=1S/C35H40N8S/c44-35(36-25-27-12-14-31(15-13-27)40-17-6-7-18-40)39-34-37-32(42-22-20-41(21-23-42)30-10-2-1-3-11-30)24-33(38-34)43-19-16-28-8-4-5-9-29(28)26-43/h1-5,8-15,24H,6-7,16-23,25-26H2,(H2,36,37,38,39,44). The van der Waals surface area contributed by atoms with Gasteiger partial charge in [0.05, 0.1) is 0 Å². The molecule has 0 aliphatic carbocycles. The Kier molecular flexibility index (Phi) is 8.45. The summed E-state index contributed by atoms with van der Waals surface area (Å²) >= 11 is 5.73. The molecule has 1 aromatic heterocycles. The van der Waals surface area contributed by atoms with Gasteiger partial charge in [-0.3, -0.25) is 0 Å². The van der Waals surface area contributed by atoms with E-state index in [9.17, 15) is 0 Å². The number of hydrogen-bond acceptors (Lipinski definition) is 7. The van der Waals surface area contributed by atoms with Crippen LogP contribution in [-0.2, 0) is 19.5 Å². The zero-order valence-corrected chi connectivity index (χ0v) is 26.0. The van der Waals surface area contributed by atoms with Gasteiger partial charge in [0, 0.05) is 76.3 Å². The summed E-state index contributed by atoms with van der Waals surface area (Å²) in [6.07, 6.45) is 3.57. The maximum Gasteiger partial charge on any atom is 0.232 e. The molecule has 2 N–H and O–H groups in total. The van der Waals surface area contributed by atoms with E-state index in [-0.39, 0.29) is 0 Å². The van der Waals surface area contributed by atoms with Crippen LogP contribution in [0.2, 0.25) is 0 Å². The van der Waals surface area contributed by atoms with Gasteiger partial charge >= 0.3 is 0 Å². The van der Waals surface area contributed by atoms with Gasteiger partial charge in [-0.2, -0.15) is 9.97 Å². The Morgan fingerprint density at radius 2 is 1.25 bits per heavy atom. The van der Waals surface area contributed by atoms with E-state index < -0.39 is 0 Å². The molecule has 0 saturated carbocycles. The number of nitrogens with zero attached hydrogens (tertiary/aromatic N) is 6. The molecule has 2 saturated heterocycles. The first-order valence-corrected chi connectivity index (χ1v) is 16.2. The van der Waals surface area contributed by atoms with Crippen molar-refractivity contribution < 1.29 is 0 Å². The van der Waals surface area contributed by atoms with E-state index in [0.29, 0.717) is 17.6 Å². The Labute approximate surface area is 265 Å². The number of fused-ring (bicyclic) bond motifs is 1. The first-order chi connectivity index (χ1) is 21.7. The van der Waals surface area contributed by atoms with Crippen molar-refractivity contribution in [2.24, 2.45) is 0 Å². The highest BCUT2D eigenvalue weighted by Crippen LogP contribution is 2.28. The SMILES string of the molecule is S=C(NCc1ccc(N2CCCC2)cc1)Nc1nc(N2CCN(c3ccccc3)CC2)cc(N2CCc3ccccc3C2)n1. The summed E-state index contributed by atoms with van der Waals surface area (Å²) in [5, 5.41) is 7.19. The second-order valence-electron chi connectivity index (χ2n) is 11.8. The predicted molar refractivity (Wildman–Crippen MR) is 185 cm³/mol. The van der Waals surface area contributed by atoms with E-state index in [1.807, 2.05) is 0 Å². The smallest absolute Gasteiger partial charge is 0.232 e. The molecule has 0 atom stereocenters. The first kappa shape index (κ1) is 28.4. The Morgan fingerprint density at radius 3 is 2.00 bits per heavy atom. The molecular formula is C35H40N8S. The third-order valence-electron chi connectivity index (χ3n) is 8.96. The van der Waals surface area contributed by atoms with Crippen LogP contribution in [0.4, 0.5) is 29.0 Å². The zero-order valence-electron chi connectivity index (χ0n) is 25.2. The van der Waals surface area contributed by atoms with Gasteiger partial charge < -0.3 is 30.2 Å². The molecule has 4 heterocycles. The summed E-state index contributed by atoms with van der Waals surface area (Å²) in [4.78, 5) is 19.6.